The minimum Gasteiger partial charge on any atom is -0.320 e. The number of aromatic nitrogens is 2. The molecule has 1 aromatic heterocycles. The molecular weight excluding hydrogens is 168 g/mol. The average Bonchev–Trinajstić information content (AvgIpc) is 2.18. The Morgan fingerprint density at radius 3 is 2.77 bits per heavy atom. The summed E-state index contributed by atoms with van der Waals surface area (Å²) in [5, 5.41) is 2.51. The molecule has 1 unspecified atom stereocenters. The smallest absolute Gasteiger partial charge is 0.243 e. The zero-order valence-electron chi connectivity index (χ0n) is 7.40. The van der Waals surface area contributed by atoms with Gasteiger partial charge in [0.1, 0.15) is 0 Å². The fourth-order valence-electron chi connectivity index (χ4n) is 0.752. The van der Waals surface area contributed by atoms with E-state index in [-0.39, 0.29) is 11.9 Å². The molecule has 0 aromatic carbocycles. The molecule has 0 saturated heterocycles. The Balaban J connectivity index is 2.55. The fourth-order valence-corrected chi connectivity index (χ4v) is 0.752. The second-order valence-electron chi connectivity index (χ2n) is 2.58. The first-order chi connectivity index (χ1) is 6.24. The van der Waals surface area contributed by atoms with Gasteiger partial charge in [0.05, 0.1) is 6.04 Å². The van der Waals surface area contributed by atoms with Gasteiger partial charge in [0, 0.05) is 12.4 Å². The lowest BCUT2D eigenvalue weighted by molar-refractivity contribution is -0.117. The molecule has 1 atom stereocenters. The Hall–Kier alpha value is -1.49. The predicted octanol–water partition coefficient (Wildman–Crippen LogP) is 0.152. The van der Waals surface area contributed by atoms with Gasteiger partial charge in [-0.15, -0.1) is 0 Å². The lowest BCUT2D eigenvalue weighted by Gasteiger charge is -2.07. The quantitative estimate of drug-likeness (QED) is 0.694. The van der Waals surface area contributed by atoms with Crippen LogP contribution in [0.25, 0.3) is 0 Å². The highest BCUT2D eigenvalue weighted by atomic mass is 16.2. The third kappa shape index (κ3) is 2.79. The fraction of sp³-hybridized carbons (Fsp3) is 0.375. The molecule has 0 aliphatic carbocycles. The summed E-state index contributed by atoms with van der Waals surface area (Å²) in [5.41, 5.74) is 5.50. The molecule has 70 valence electrons. The molecule has 1 amide bonds. The number of nitrogens with zero attached hydrogens (tertiary/aromatic N) is 2. The van der Waals surface area contributed by atoms with Crippen LogP contribution in [-0.2, 0) is 4.79 Å². The summed E-state index contributed by atoms with van der Waals surface area (Å²) < 4.78 is 0. The molecule has 1 aromatic rings. The van der Waals surface area contributed by atoms with Crippen molar-refractivity contribution in [1.82, 2.24) is 9.97 Å². The third-order valence-electron chi connectivity index (χ3n) is 1.58. The maximum absolute atomic E-state index is 11.2. The van der Waals surface area contributed by atoms with Crippen molar-refractivity contribution >= 4 is 11.9 Å². The third-order valence-corrected chi connectivity index (χ3v) is 1.58. The van der Waals surface area contributed by atoms with Crippen LogP contribution in [0.1, 0.15) is 13.3 Å². The first kappa shape index (κ1) is 9.60. The SMILES string of the molecule is CCC(N)C(=O)Nc1ncccn1. The van der Waals surface area contributed by atoms with Gasteiger partial charge in [0.15, 0.2) is 0 Å². The summed E-state index contributed by atoms with van der Waals surface area (Å²) in [7, 11) is 0. The summed E-state index contributed by atoms with van der Waals surface area (Å²) in [5.74, 6) is 0.0325. The number of hydrogen-bond donors (Lipinski definition) is 2. The molecule has 0 spiro atoms. The van der Waals surface area contributed by atoms with Crippen LogP contribution in [0, 0.1) is 0 Å². The average molecular weight is 180 g/mol. The van der Waals surface area contributed by atoms with Crippen molar-refractivity contribution in [2.45, 2.75) is 19.4 Å². The van der Waals surface area contributed by atoms with E-state index < -0.39 is 6.04 Å². The molecule has 3 N–H and O–H groups in total. The van der Waals surface area contributed by atoms with Crippen molar-refractivity contribution in [2.75, 3.05) is 5.32 Å². The Morgan fingerprint density at radius 1 is 1.62 bits per heavy atom. The van der Waals surface area contributed by atoms with Crippen molar-refractivity contribution in [3.8, 4) is 0 Å². The van der Waals surface area contributed by atoms with E-state index in [1.54, 1.807) is 18.5 Å². The van der Waals surface area contributed by atoms with E-state index in [4.69, 9.17) is 5.73 Å². The lowest BCUT2D eigenvalue weighted by atomic mass is 10.2. The van der Waals surface area contributed by atoms with Crippen LogP contribution < -0.4 is 11.1 Å². The van der Waals surface area contributed by atoms with Crippen LogP contribution in [0.5, 0.6) is 0 Å². The predicted molar refractivity (Wildman–Crippen MR) is 48.9 cm³/mol. The number of anilines is 1. The van der Waals surface area contributed by atoms with Gasteiger partial charge in [-0.3, -0.25) is 10.1 Å². The highest BCUT2D eigenvalue weighted by Crippen LogP contribution is 1.96. The zero-order valence-corrected chi connectivity index (χ0v) is 7.40. The van der Waals surface area contributed by atoms with Crippen LogP contribution in [0.4, 0.5) is 5.95 Å². The number of rotatable bonds is 3. The van der Waals surface area contributed by atoms with E-state index in [1.807, 2.05) is 6.92 Å². The second kappa shape index (κ2) is 4.51. The van der Waals surface area contributed by atoms with E-state index in [2.05, 4.69) is 15.3 Å². The minimum atomic E-state index is -0.496. The first-order valence-electron chi connectivity index (χ1n) is 4.07. The largest absolute Gasteiger partial charge is 0.320 e. The van der Waals surface area contributed by atoms with Gasteiger partial charge in [0.2, 0.25) is 11.9 Å². The van der Waals surface area contributed by atoms with Crippen molar-refractivity contribution in [1.29, 1.82) is 0 Å². The maximum Gasteiger partial charge on any atom is 0.243 e. The molecule has 1 heterocycles. The van der Waals surface area contributed by atoms with Crippen LogP contribution in [0.2, 0.25) is 0 Å². The summed E-state index contributed by atoms with van der Waals surface area (Å²) in [4.78, 5) is 18.9. The highest BCUT2D eigenvalue weighted by molar-refractivity contribution is 5.93. The number of nitrogens with one attached hydrogen (secondary N) is 1. The van der Waals surface area contributed by atoms with Crippen LogP contribution >= 0.6 is 0 Å². The summed E-state index contributed by atoms with van der Waals surface area (Å²) in [6.07, 6.45) is 3.71. The molecular formula is C8H12N4O. The summed E-state index contributed by atoms with van der Waals surface area (Å²) in [6, 6.07) is 1.18. The van der Waals surface area contributed by atoms with Crippen LogP contribution in [-0.4, -0.2) is 21.9 Å². The molecule has 0 saturated carbocycles. The van der Waals surface area contributed by atoms with Crippen LogP contribution in [0.15, 0.2) is 18.5 Å². The molecule has 5 heteroatoms. The van der Waals surface area contributed by atoms with Crippen LogP contribution in [0.3, 0.4) is 0 Å². The standard InChI is InChI=1S/C8H12N4O/c1-2-6(9)7(13)12-8-10-4-3-5-11-8/h3-6H,2,9H2,1H3,(H,10,11,12,13). The van der Waals surface area contributed by atoms with Crippen molar-refractivity contribution in [3.63, 3.8) is 0 Å². The Bertz CT molecular complexity index is 275. The van der Waals surface area contributed by atoms with E-state index in [0.29, 0.717) is 6.42 Å². The Kier molecular flexibility index (Phi) is 3.33. The molecule has 0 fully saturated rings. The van der Waals surface area contributed by atoms with E-state index in [9.17, 15) is 4.79 Å². The van der Waals surface area contributed by atoms with E-state index in [1.165, 1.54) is 0 Å². The number of carbonyl (C=O) groups excluding carboxylic acids is 1. The summed E-state index contributed by atoms with van der Waals surface area (Å²) in [6.45, 7) is 1.84. The van der Waals surface area contributed by atoms with Gasteiger partial charge in [-0.2, -0.15) is 0 Å². The van der Waals surface area contributed by atoms with Gasteiger partial charge < -0.3 is 5.73 Å². The molecule has 0 aliphatic heterocycles. The number of carbonyl (C=O) groups is 1. The monoisotopic (exact) mass is 180 g/mol. The molecule has 5 nitrogen and oxygen atoms in total. The summed E-state index contributed by atoms with van der Waals surface area (Å²) >= 11 is 0. The highest BCUT2D eigenvalue weighted by Gasteiger charge is 2.11. The van der Waals surface area contributed by atoms with Gasteiger partial charge in [-0.1, -0.05) is 6.92 Å². The topological polar surface area (TPSA) is 80.9 Å². The normalized spacial score (nSPS) is 12.2. The van der Waals surface area contributed by atoms with Gasteiger partial charge >= 0.3 is 0 Å². The van der Waals surface area contributed by atoms with Crippen molar-refractivity contribution in [3.05, 3.63) is 18.5 Å². The van der Waals surface area contributed by atoms with Crippen molar-refractivity contribution in [2.24, 2.45) is 5.73 Å². The first-order valence-corrected chi connectivity index (χ1v) is 4.07. The number of amides is 1. The molecule has 1 rings (SSSR count). The molecule has 0 aliphatic rings. The van der Waals surface area contributed by atoms with E-state index >= 15 is 0 Å². The second-order valence-corrected chi connectivity index (χ2v) is 2.58. The van der Waals surface area contributed by atoms with Gasteiger partial charge in [-0.05, 0) is 12.5 Å². The minimum absolute atomic E-state index is 0.256. The molecule has 0 radical (unpaired) electrons. The Morgan fingerprint density at radius 2 is 2.23 bits per heavy atom. The lowest BCUT2D eigenvalue weighted by Crippen LogP contribution is -2.35. The van der Waals surface area contributed by atoms with Gasteiger partial charge in [0.25, 0.3) is 0 Å². The van der Waals surface area contributed by atoms with Crippen molar-refractivity contribution < 1.29 is 4.79 Å². The zero-order chi connectivity index (χ0) is 9.68. The maximum atomic E-state index is 11.2. The molecule has 0 bridgehead atoms. The van der Waals surface area contributed by atoms with E-state index in [0.717, 1.165) is 0 Å². The Labute approximate surface area is 76.4 Å². The molecule has 13 heavy (non-hydrogen) atoms. The number of nitrogens with two attached hydrogens (primary N) is 1. The number of hydrogen-bond acceptors (Lipinski definition) is 4. The van der Waals surface area contributed by atoms with Gasteiger partial charge in [-0.25, -0.2) is 9.97 Å².